The fraction of sp³-hybridized carbons (Fsp3) is 0.158. The summed E-state index contributed by atoms with van der Waals surface area (Å²) in [5.74, 6) is 1.04. The van der Waals surface area contributed by atoms with Crippen LogP contribution in [0.4, 0.5) is 23.0 Å². The summed E-state index contributed by atoms with van der Waals surface area (Å²) in [7, 11) is 1.60. The predicted octanol–water partition coefficient (Wildman–Crippen LogP) is 4.06. The number of hydrogen-bond acceptors (Lipinski definition) is 7. The van der Waals surface area contributed by atoms with E-state index < -0.39 is 4.92 Å². The highest BCUT2D eigenvalue weighted by Gasteiger charge is 2.23. The molecule has 2 N–H and O–H groups in total. The van der Waals surface area contributed by atoms with Crippen LogP contribution in [0.25, 0.3) is 0 Å². The van der Waals surface area contributed by atoms with Crippen LogP contribution in [0, 0.1) is 17.0 Å². The molecule has 1 heterocycles. The number of nitrogens with zero attached hydrogens (tertiary/aromatic N) is 3. The van der Waals surface area contributed by atoms with Crippen LogP contribution in [0.1, 0.15) is 11.1 Å². The van der Waals surface area contributed by atoms with Gasteiger partial charge in [0, 0.05) is 12.2 Å². The highest BCUT2D eigenvalue weighted by Crippen LogP contribution is 2.32. The third-order valence-electron chi connectivity index (χ3n) is 4.02. The Balaban J connectivity index is 1.84. The van der Waals surface area contributed by atoms with Crippen molar-refractivity contribution in [2.45, 2.75) is 13.5 Å². The minimum atomic E-state index is -0.489. The van der Waals surface area contributed by atoms with E-state index in [4.69, 9.17) is 4.74 Å². The molecule has 0 unspecified atom stereocenters. The van der Waals surface area contributed by atoms with Crippen LogP contribution in [0.2, 0.25) is 0 Å². The summed E-state index contributed by atoms with van der Waals surface area (Å²) >= 11 is 0. The minimum absolute atomic E-state index is 0.140. The summed E-state index contributed by atoms with van der Waals surface area (Å²) in [6, 6.07) is 14.9. The van der Waals surface area contributed by atoms with Crippen LogP contribution in [-0.4, -0.2) is 22.0 Å². The van der Waals surface area contributed by atoms with Gasteiger partial charge in [-0.2, -0.15) is 0 Å². The molecule has 8 nitrogen and oxygen atoms in total. The van der Waals surface area contributed by atoms with Gasteiger partial charge in [-0.25, -0.2) is 9.97 Å². The molecule has 27 heavy (non-hydrogen) atoms. The molecule has 2 aromatic carbocycles. The van der Waals surface area contributed by atoms with E-state index in [2.05, 4.69) is 20.6 Å². The third-order valence-corrected chi connectivity index (χ3v) is 4.02. The quantitative estimate of drug-likeness (QED) is 0.481. The summed E-state index contributed by atoms with van der Waals surface area (Å²) in [4.78, 5) is 19.3. The Hall–Kier alpha value is -3.68. The maximum Gasteiger partial charge on any atom is 0.353 e. The zero-order chi connectivity index (χ0) is 19.2. The van der Waals surface area contributed by atoms with Gasteiger partial charge in [-0.05, 0) is 36.2 Å². The molecule has 0 aliphatic carbocycles. The van der Waals surface area contributed by atoms with Crippen molar-refractivity contribution in [3.63, 3.8) is 0 Å². The molecule has 1 aromatic heterocycles. The Labute approximate surface area is 156 Å². The Morgan fingerprint density at radius 1 is 1.07 bits per heavy atom. The standard InChI is InChI=1S/C19H19N5O3/c1-13-5-3-4-6-16(13)23-19-17(24(25)26)18(21-12-22-19)20-11-14-7-9-15(27-2)10-8-14/h3-10,12H,11H2,1-2H3,(H2,20,21,22,23). The van der Waals surface area contributed by atoms with Gasteiger partial charge in [0.2, 0.25) is 11.6 Å². The number of para-hydroxylation sites is 1. The van der Waals surface area contributed by atoms with Gasteiger partial charge in [-0.1, -0.05) is 30.3 Å². The Bertz CT molecular complexity index is 944. The molecular weight excluding hydrogens is 346 g/mol. The smallest absolute Gasteiger partial charge is 0.353 e. The molecule has 0 fully saturated rings. The molecule has 0 aliphatic heterocycles. The molecule has 3 rings (SSSR count). The van der Waals surface area contributed by atoms with Gasteiger partial charge in [0.15, 0.2) is 0 Å². The van der Waals surface area contributed by atoms with Crippen molar-refractivity contribution < 1.29 is 9.66 Å². The molecule has 0 saturated heterocycles. The van der Waals surface area contributed by atoms with Crippen LogP contribution in [0.5, 0.6) is 5.75 Å². The molecule has 0 aliphatic rings. The van der Waals surface area contributed by atoms with Gasteiger partial charge in [-0.15, -0.1) is 0 Å². The summed E-state index contributed by atoms with van der Waals surface area (Å²) in [6.45, 7) is 2.30. The molecule has 0 bridgehead atoms. The second-order valence-corrected chi connectivity index (χ2v) is 5.82. The minimum Gasteiger partial charge on any atom is -0.497 e. The summed E-state index contributed by atoms with van der Waals surface area (Å²) in [5, 5.41) is 17.7. The topological polar surface area (TPSA) is 102 Å². The van der Waals surface area contributed by atoms with Gasteiger partial charge in [0.05, 0.1) is 12.0 Å². The summed E-state index contributed by atoms with van der Waals surface area (Å²) in [6.07, 6.45) is 1.30. The number of aryl methyl sites for hydroxylation is 1. The highest BCUT2D eigenvalue weighted by molar-refractivity contribution is 5.74. The normalized spacial score (nSPS) is 10.3. The van der Waals surface area contributed by atoms with Gasteiger partial charge >= 0.3 is 5.69 Å². The van der Waals surface area contributed by atoms with Gasteiger partial charge in [0.1, 0.15) is 12.1 Å². The number of nitrogens with one attached hydrogen (secondary N) is 2. The molecule has 0 saturated carbocycles. The molecule has 0 radical (unpaired) electrons. The first-order valence-electron chi connectivity index (χ1n) is 8.27. The van der Waals surface area contributed by atoms with Gasteiger partial charge in [0.25, 0.3) is 0 Å². The van der Waals surface area contributed by atoms with E-state index in [9.17, 15) is 10.1 Å². The molecular formula is C19H19N5O3. The van der Waals surface area contributed by atoms with Crippen molar-refractivity contribution >= 4 is 23.0 Å². The Morgan fingerprint density at radius 3 is 2.44 bits per heavy atom. The van der Waals surface area contributed by atoms with Crippen molar-refractivity contribution in [3.05, 3.63) is 76.1 Å². The summed E-state index contributed by atoms with van der Waals surface area (Å²) in [5.41, 5.74) is 2.45. The maximum absolute atomic E-state index is 11.6. The van der Waals surface area contributed by atoms with Crippen molar-refractivity contribution in [3.8, 4) is 5.75 Å². The number of aromatic nitrogens is 2. The van der Waals surface area contributed by atoms with E-state index in [-0.39, 0.29) is 17.3 Å². The lowest BCUT2D eigenvalue weighted by atomic mass is 10.2. The van der Waals surface area contributed by atoms with Crippen LogP contribution >= 0.6 is 0 Å². The second-order valence-electron chi connectivity index (χ2n) is 5.82. The number of methoxy groups -OCH3 is 1. The third kappa shape index (κ3) is 4.30. The van der Waals surface area contributed by atoms with Crippen molar-refractivity contribution in [1.29, 1.82) is 0 Å². The number of benzene rings is 2. The molecule has 3 aromatic rings. The number of ether oxygens (including phenoxy) is 1. The van der Waals surface area contributed by atoms with Crippen LogP contribution in [0.3, 0.4) is 0 Å². The van der Waals surface area contributed by atoms with Crippen LogP contribution in [0.15, 0.2) is 54.9 Å². The first kappa shape index (κ1) is 18.1. The second kappa shape index (κ2) is 8.13. The maximum atomic E-state index is 11.6. The fourth-order valence-electron chi connectivity index (χ4n) is 2.54. The molecule has 0 amide bonds. The van der Waals surface area contributed by atoms with E-state index in [0.717, 1.165) is 22.6 Å². The molecule has 0 spiro atoms. The number of anilines is 3. The first-order valence-corrected chi connectivity index (χ1v) is 8.27. The Morgan fingerprint density at radius 2 is 1.78 bits per heavy atom. The SMILES string of the molecule is COc1ccc(CNc2ncnc(Nc3ccccc3C)c2[N+](=O)[O-])cc1. The average molecular weight is 365 g/mol. The zero-order valence-corrected chi connectivity index (χ0v) is 15.0. The predicted molar refractivity (Wildman–Crippen MR) is 103 cm³/mol. The van der Waals surface area contributed by atoms with E-state index >= 15 is 0 Å². The largest absolute Gasteiger partial charge is 0.497 e. The van der Waals surface area contributed by atoms with E-state index in [1.54, 1.807) is 7.11 Å². The van der Waals surface area contributed by atoms with Gasteiger partial charge in [-0.3, -0.25) is 10.1 Å². The lowest BCUT2D eigenvalue weighted by Gasteiger charge is -2.11. The van der Waals surface area contributed by atoms with Crippen molar-refractivity contribution in [1.82, 2.24) is 9.97 Å². The van der Waals surface area contributed by atoms with Gasteiger partial charge < -0.3 is 15.4 Å². The number of rotatable bonds is 7. The molecule has 8 heteroatoms. The number of hydrogen-bond donors (Lipinski definition) is 2. The lowest BCUT2D eigenvalue weighted by molar-refractivity contribution is -0.383. The lowest BCUT2D eigenvalue weighted by Crippen LogP contribution is -2.08. The molecule has 138 valence electrons. The van der Waals surface area contributed by atoms with Crippen molar-refractivity contribution in [2.75, 3.05) is 17.7 Å². The first-order chi connectivity index (χ1) is 13.1. The van der Waals surface area contributed by atoms with E-state index in [1.165, 1.54) is 6.33 Å². The Kier molecular flexibility index (Phi) is 5.46. The monoisotopic (exact) mass is 365 g/mol. The van der Waals surface area contributed by atoms with E-state index in [1.807, 2.05) is 55.5 Å². The van der Waals surface area contributed by atoms with Crippen LogP contribution in [-0.2, 0) is 6.54 Å². The number of nitro groups is 1. The van der Waals surface area contributed by atoms with Crippen molar-refractivity contribution in [2.24, 2.45) is 0 Å². The summed E-state index contributed by atoms with van der Waals surface area (Å²) < 4.78 is 5.13. The zero-order valence-electron chi connectivity index (χ0n) is 15.0. The molecule has 0 atom stereocenters. The van der Waals surface area contributed by atoms with Crippen LogP contribution < -0.4 is 15.4 Å². The highest BCUT2D eigenvalue weighted by atomic mass is 16.6. The average Bonchev–Trinajstić information content (AvgIpc) is 2.68. The fourth-order valence-corrected chi connectivity index (χ4v) is 2.54. The van der Waals surface area contributed by atoms with E-state index in [0.29, 0.717) is 6.54 Å².